The van der Waals surface area contributed by atoms with E-state index in [1.807, 2.05) is 43.3 Å². The first-order chi connectivity index (χ1) is 12.5. The first-order valence-corrected chi connectivity index (χ1v) is 8.99. The number of nitrogens with one attached hydrogen (secondary N) is 1. The van der Waals surface area contributed by atoms with Gasteiger partial charge >= 0.3 is 0 Å². The van der Waals surface area contributed by atoms with E-state index in [9.17, 15) is 4.79 Å². The van der Waals surface area contributed by atoms with Gasteiger partial charge in [-0.05, 0) is 48.2 Å². The van der Waals surface area contributed by atoms with E-state index in [2.05, 4.69) is 29.4 Å². The normalized spacial score (nSPS) is 19.6. The van der Waals surface area contributed by atoms with E-state index in [-0.39, 0.29) is 18.3 Å². The zero-order valence-corrected chi connectivity index (χ0v) is 15.3. The third kappa shape index (κ3) is 4.04. The van der Waals surface area contributed by atoms with Crippen LogP contribution < -0.4 is 15.8 Å². The van der Waals surface area contributed by atoms with Gasteiger partial charge in [0.25, 0.3) is 0 Å². The summed E-state index contributed by atoms with van der Waals surface area (Å²) < 4.78 is 5.81. The first-order valence-electron chi connectivity index (χ1n) is 8.99. The minimum absolute atomic E-state index is 0.114. The molecular formula is C21H25N3O2. The van der Waals surface area contributed by atoms with Crippen molar-refractivity contribution in [2.45, 2.75) is 38.6 Å². The second-order valence-corrected chi connectivity index (χ2v) is 6.81. The van der Waals surface area contributed by atoms with E-state index in [0.717, 1.165) is 41.9 Å². The van der Waals surface area contributed by atoms with E-state index >= 15 is 0 Å². The number of hydrogen-bond acceptors (Lipinski definition) is 4. The summed E-state index contributed by atoms with van der Waals surface area (Å²) in [6.07, 6.45) is 2.43. The zero-order valence-electron chi connectivity index (χ0n) is 15.3. The zero-order chi connectivity index (χ0) is 18.6. The molecule has 2 aromatic rings. The molecule has 1 aliphatic heterocycles. The standard InChI is InChI=1S/C21H25N3O2/c1-3-4-11-26-18-10-6-8-16(13-18)15-7-5-9-17(12-15)21(2)14-19(25)23-20(22)24-21/h5-10,12-13H,3-4,11,14H2,1-2H3,(H3,22,23,24,25). The van der Waals surface area contributed by atoms with Crippen molar-refractivity contribution in [1.82, 2.24) is 5.32 Å². The summed E-state index contributed by atoms with van der Waals surface area (Å²) in [6, 6.07) is 16.2. The SMILES string of the molecule is CCCCOc1cccc(-c2cccc(C3(C)CC(=O)NC(N)=N3)c2)c1. The predicted molar refractivity (Wildman–Crippen MR) is 104 cm³/mol. The van der Waals surface area contributed by atoms with Crippen LogP contribution in [0, 0.1) is 0 Å². The molecule has 3 rings (SSSR count). The Balaban J connectivity index is 1.89. The molecule has 0 aliphatic carbocycles. The number of amides is 1. The van der Waals surface area contributed by atoms with Crippen molar-refractivity contribution in [3.05, 3.63) is 54.1 Å². The molecule has 5 heteroatoms. The molecule has 1 amide bonds. The number of carbonyl (C=O) groups excluding carboxylic acids is 1. The Hall–Kier alpha value is -2.82. The minimum Gasteiger partial charge on any atom is -0.494 e. The number of nitrogens with zero attached hydrogens (tertiary/aromatic N) is 1. The molecule has 26 heavy (non-hydrogen) atoms. The van der Waals surface area contributed by atoms with Crippen molar-refractivity contribution < 1.29 is 9.53 Å². The maximum atomic E-state index is 11.9. The Morgan fingerprint density at radius 2 is 1.92 bits per heavy atom. The molecular weight excluding hydrogens is 326 g/mol. The van der Waals surface area contributed by atoms with Crippen molar-refractivity contribution in [2.24, 2.45) is 10.7 Å². The molecule has 0 aromatic heterocycles. The molecule has 1 unspecified atom stereocenters. The van der Waals surface area contributed by atoms with E-state index in [1.54, 1.807) is 0 Å². The van der Waals surface area contributed by atoms with Crippen LogP contribution in [-0.2, 0) is 10.3 Å². The van der Waals surface area contributed by atoms with Gasteiger partial charge in [0.05, 0.1) is 18.6 Å². The van der Waals surface area contributed by atoms with Crippen molar-refractivity contribution in [3.63, 3.8) is 0 Å². The second-order valence-electron chi connectivity index (χ2n) is 6.81. The van der Waals surface area contributed by atoms with Crippen molar-refractivity contribution in [1.29, 1.82) is 0 Å². The van der Waals surface area contributed by atoms with Crippen LogP contribution in [0.25, 0.3) is 11.1 Å². The van der Waals surface area contributed by atoms with Gasteiger partial charge in [0.2, 0.25) is 5.91 Å². The topological polar surface area (TPSA) is 76.7 Å². The number of benzene rings is 2. The molecule has 136 valence electrons. The van der Waals surface area contributed by atoms with Crippen LogP contribution in [0.1, 0.15) is 38.7 Å². The molecule has 0 saturated heterocycles. The van der Waals surface area contributed by atoms with Crippen LogP contribution in [0.4, 0.5) is 0 Å². The Kier molecular flexibility index (Phi) is 5.26. The van der Waals surface area contributed by atoms with Gasteiger partial charge in [-0.2, -0.15) is 0 Å². The molecule has 1 heterocycles. The largest absolute Gasteiger partial charge is 0.494 e. The lowest BCUT2D eigenvalue weighted by Gasteiger charge is -2.30. The van der Waals surface area contributed by atoms with Crippen LogP contribution in [-0.4, -0.2) is 18.5 Å². The molecule has 0 radical (unpaired) electrons. The van der Waals surface area contributed by atoms with E-state index in [1.165, 1.54) is 0 Å². The molecule has 0 fully saturated rings. The Bertz CT molecular complexity index is 832. The second kappa shape index (κ2) is 7.60. The van der Waals surface area contributed by atoms with Gasteiger partial charge in [-0.15, -0.1) is 0 Å². The molecule has 0 bridgehead atoms. The number of guanidine groups is 1. The lowest BCUT2D eigenvalue weighted by Crippen LogP contribution is -2.46. The Labute approximate surface area is 154 Å². The van der Waals surface area contributed by atoms with Crippen molar-refractivity contribution in [3.8, 4) is 16.9 Å². The van der Waals surface area contributed by atoms with Crippen LogP contribution in [0.3, 0.4) is 0 Å². The van der Waals surface area contributed by atoms with Gasteiger partial charge in [-0.1, -0.05) is 43.7 Å². The van der Waals surface area contributed by atoms with Gasteiger partial charge in [-0.25, -0.2) is 4.99 Å². The highest BCUT2D eigenvalue weighted by Gasteiger charge is 2.33. The Morgan fingerprint density at radius 1 is 1.19 bits per heavy atom. The highest BCUT2D eigenvalue weighted by Crippen LogP contribution is 2.34. The summed E-state index contributed by atoms with van der Waals surface area (Å²) in [6.45, 7) is 4.80. The number of nitrogens with two attached hydrogens (primary N) is 1. The summed E-state index contributed by atoms with van der Waals surface area (Å²) in [7, 11) is 0. The fraction of sp³-hybridized carbons (Fsp3) is 0.333. The van der Waals surface area contributed by atoms with Gasteiger partial charge in [-0.3, -0.25) is 10.1 Å². The number of hydrogen-bond donors (Lipinski definition) is 2. The third-order valence-corrected chi connectivity index (χ3v) is 4.56. The van der Waals surface area contributed by atoms with E-state index in [0.29, 0.717) is 0 Å². The molecule has 3 N–H and O–H groups in total. The summed E-state index contributed by atoms with van der Waals surface area (Å²) in [5.74, 6) is 0.920. The average Bonchev–Trinajstić information content (AvgIpc) is 2.61. The molecule has 0 spiro atoms. The van der Waals surface area contributed by atoms with Crippen molar-refractivity contribution in [2.75, 3.05) is 6.61 Å². The maximum Gasteiger partial charge on any atom is 0.229 e. The van der Waals surface area contributed by atoms with E-state index < -0.39 is 5.54 Å². The van der Waals surface area contributed by atoms with Crippen molar-refractivity contribution >= 4 is 11.9 Å². The van der Waals surface area contributed by atoms with Crippen LogP contribution in [0.2, 0.25) is 0 Å². The summed E-state index contributed by atoms with van der Waals surface area (Å²) in [5, 5.41) is 2.55. The molecule has 0 saturated carbocycles. The lowest BCUT2D eigenvalue weighted by atomic mass is 9.86. The maximum absolute atomic E-state index is 11.9. The third-order valence-electron chi connectivity index (χ3n) is 4.56. The fourth-order valence-corrected chi connectivity index (χ4v) is 3.13. The van der Waals surface area contributed by atoms with Gasteiger partial charge in [0.1, 0.15) is 5.75 Å². The Morgan fingerprint density at radius 3 is 2.65 bits per heavy atom. The summed E-state index contributed by atoms with van der Waals surface area (Å²) in [5.41, 5.74) is 8.21. The quantitative estimate of drug-likeness (QED) is 0.781. The lowest BCUT2D eigenvalue weighted by molar-refractivity contribution is -0.121. The number of carbonyl (C=O) groups is 1. The molecule has 5 nitrogen and oxygen atoms in total. The highest BCUT2D eigenvalue weighted by atomic mass is 16.5. The van der Waals surface area contributed by atoms with Gasteiger partial charge in [0.15, 0.2) is 5.96 Å². The minimum atomic E-state index is -0.655. The van der Waals surface area contributed by atoms with Crippen LogP contribution in [0.15, 0.2) is 53.5 Å². The first kappa shape index (κ1) is 18.0. The van der Waals surface area contributed by atoms with Crippen LogP contribution >= 0.6 is 0 Å². The highest BCUT2D eigenvalue weighted by molar-refractivity contribution is 5.99. The fourth-order valence-electron chi connectivity index (χ4n) is 3.13. The van der Waals surface area contributed by atoms with Gasteiger partial charge < -0.3 is 10.5 Å². The van der Waals surface area contributed by atoms with E-state index in [4.69, 9.17) is 10.5 Å². The molecule has 1 aliphatic rings. The average molecular weight is 351 g/mol. The number of ether oxygens (including phenoxy) is 1. The van der Waals surface area contributed by atoms with Crippen LogP contribution in [0.5, 0.6) is 5.75 Å². The number of unbranched alkanes of at least 4 members (excludes halogenated alkanes) is 1. The molecule has 1 atom stereocenters. The van der Waals surface area contributed by atoms with Gasteiger partial charge in [0, 0.05) is 0 Å². The predicted octanol–water partition coefficient (Wildman–Crippen LogP) is 3.58. The smallest absolute Gasteiger partial charge is 0.229 e. The number of aliphatic imine (C=N–C) groups is 1. The monoisotopic (exact) mass is 351 g/mol. The number of rotatable bonds is 6. The summed E-state index contributed by atoms with van der Waals surface area (Å²) >= 11 is 0. The molecule has 2 aromatic carbocycles. The summed E-state index contributed by atoms with van der Waals surface area (Å²) in [4.78, 5) is 16.4.